The molecule has 1 unspecified atom stereocenters. The lowest BCUT2D eigenvalue weighted by Gasteiger charge is -2.18. The number of benzene rings is 1. The van der Waals surface area contributed by atoms with Crippen molar-refractivity contribution in [2.24, 2.45) is 5.92 Å². The monoisotopic (exact) mass is 264 g/mol. The van der Waals surface area contributed by atoms with E-state index in [1.165, 1.54) is 0 Å². The molecule has 0 bridgehead atoms. The first-order valence-corrected chi connectivity index (χ1v) is 6.93. The van der Waals surface area contributed by atoms with Crippen LogP contribution in [-0.2, 0) is 16.0 Å². The lowest BCUT2D eigenvalue weighted by molar-refractivity contribution is -0.142. The molecule has 0 radical (unpaired) electrons. The summed E-state index contributed by atoms with van der Waals surface area (Å²) in [4.78, 5) is 11.6. The molecule has 1 atom stereocenters. The van der Waals surface area contributed by atoms with E-state index in [2.05, 4.69) is 20.8 Å². The number of hydrogen-bond acceptors (Lipinski definition) is 3. The van der Waals surface area contributed by atoms with Gasteiger partial charge in [-0.1, -0.05) is 32.0 Å². The topological polar surface area (TPSA) is 35.5 Å². The van der Waals surface area contributed by atoms with Gasteiger partial charge in [-0.2, -0.15) is 0 Å². The molecule has 1 aromatic carbocycles. The minimum absolute atomic E-state index is 0.142. The zero-order valence-electron chi connectivity index (χ0n) is 12.3. The third kappa shape index (κ3) is 5.77. The molecule has 0 saturated carbocycles. The summed E-state index contributed by atoms with van der Waals surface area (Å²) in [6.07, 6.45) is 1.40. The van der Waals surface area contributed by atoms with Crippen molar-refractivity contribution in [3.05, 3.63) is 29.8 Å². The Bertz CT molecular complexity index is 399. The molecule has 1 aromatic rings. The van der Waals surface area contributed by atoms with Crippen molar-refractivity contribution in [1.29, 1.82) is 0 Å². The van der Waals surface area contributed by atoms with E-state index >= 15 is 0 Å². The van der Waals surface area contributed by atoms with Gasteiger partial charge in [0.1, 0.15) is 5.75 Å². The smallest absolute Gasteiger partial charge is 0.310 e. The first kappa shape index (κ1) is 15.5. The summed E-state index contributed by atoms with van der Waals surface area (Å²) in [5.74, 6) is 1.16. The second-order valence-corrected chi connectivity index (χ2v) is 5.15. The summed E-state index contributed by atoms with van der Waals surface area (Å²) in [5.41, 5.74) is 0.886. The third-order valence-electron chi connectivity index (χ3n) is 2.74. The Labute approximate surface area is 115 Å². The highest BCUT2D eigenvalue weighted by atomic mass is 16.5. The van der Waals surface area contributed by atoms with Gasteiger partial charge in [-0.3, -0.25) is 4.79 Å². The van der Waals surface area contributed by atoms with Crippen LogP contribution in [-0.4, -0.2) is 18.7 Å². The number of para-hydroxylation sites is 1. The average molecular weight is 264 g/mol. The second kappa shape index (κ2) is 7.82. The average Bonchev–Trinajstić information content (AvgIpc) is 2.30. The van der Waals surface area contributed by atoms with Gasteiger partial charge in [0, 0.05) is 5.56 Å². The number of carbonyl (C=O) groups excluding carboxylic acids is 1. The maximum Gasteiger partial charge on any atom is 0.310 e. The fourth-order valence-electron chi connectivity index (χ4n) is 2.06. The molecule has 0 fully saturated rings. The molecule has 1 rings (SSSR count). The van der Waals surface area contributed by atoms with E-state index in [4.69, 9.17) is 9.47 Å². The van der Waals surface area contributed by atoms with Gasteiger partial charge in [0.15, 0.2) is 0 Å². The Morgan fingerprint density at radius 2 is 1.89 bits per heavy atom. The minimum Gasteiger partial charge on any atom is -0.490 e. The first-order valence-electron chi connectivity index (χ1n) is 6.93. The van der Waals surface area contributed by atoms with Crippen molar-refractivity contribution in [1.82, 2.24) is 0 Å². The summed E-state index contributed by atoms with van der Waals surface area (Å²) >= 11 is 0. The number of carbonyl (C=O) groups is 1. The highest BCUT2D eigenvalue weighted by molar-refractivity contribution is 5.73. The van der Waals surface area contributed by atoms with E-state index in [1.807, 2.05) is 31.2 Å². The van der Waals surface area contributed by atoms with Crippen LogP contribution in [0.4, 0.5) is 0 Å². The molecule has 3 heteroatoms. The van der Waals surface area contributed by atoms with E-state index in [1.54, 1.807) is 0 Å². The van der Waals surface area contributed by atoms with Crippen LogP contribution in [0.25, 0.3) is 0 Å². The fourth-order valence-corrected chi connectivity index (χ4v) is 2.06. The van der Waals surface area contributed by atoms with E-state index < -0.39 is 0 Å². The molecule has 106 valence electrons. The Hall–Kier alpha value is -1.51. The predicted octanol–water partition coefficient (Wildman–Crippen LogP) is 3.61. The molecule has 0 N–H and O–H groups in total. The Morgan fingerprint density at radius 1 is 1.21 bits per heavy atom. The van der Waals surface area contributed by atoms with Gasteiger partial charge in [-0.15, -0.1) is 0 Å². The maximum atomic E-state index is 11.6. The van der Waals surface area contributed by atoms with Crippen molar-refractivity contribution >= 4 is 5.97 Å². The SMILES string of the molecule is CCOC(=O)Cc1ccccc1OC(C)CC(C)C. The fraction of sp³-hybridized carbons (Fsp3) is 0.562. The van der Waals surface area contributed by atoms with Crippen molar-refractivity contribution in [2.45, 2.75) is 46.6 Å². The van der Waals surface area contributed by atoms with Crippen LogP contribution in [0.5, 0.6) is 5.75 Å². The van der Waals surface area contributed by atoms with Gasteiger partial charge in [0.25, 0.3) is 0 Å². The molecule has 0 aliphatic heterocycles. The van der Waals surface area contributed by atoms with Crippen molar-refractivity contribution < 1.29 is 14.3 Å². The zero-order chi connectivity index (χ0) is 14.3. The Morgan fingerprint density at radius 3 is 2.53 bits per heavy atom. The normalized spacial score (nSPS) is 12.3. The lowest BCUT2D eigenvalue weighted by Crippen LogP contribution is -2.16. The standard InChI is InChI=1S/C16H24O3/c1-5-18-16(17)11-14-8-6-7-9-15(14)19-13(4)10-12(2)3/h6-9,12-13H,5,10-11H2,1-4H3. The summed E-state index contributed by atoms with van der Waals surface area (Å²) in [6, 6.07) is 7.65. The largest absolute Gasteiger partial charge is 0.490 e. The zero-order valence-corrected chi connectivity index (χ0v) is 12.3. The molecule has 0 aromatic heterocycles. The molecule has 0 heterocycles. The van der Waals surface area contributed by atoms with Crippen molar-refractivity contribution in [3.63, 3.8) is 0 Å². The van der Waals surface area contributed by atoms with Crippen LogP contribution in [0.15, 0.2) is 24.3 Å². The molecule has 0 amide bonds. The molecule has 19 heavy (non-hydrogen) atoms. The summed E-state index contributed by atoms with van der Waals surface area (Å²) in [5, 5.41) is 0. The van der Waals surface area contributed by atoms with Crippen molar-refractivity contribution in [2.75, 3.05) is 6.61 Å². The number of hydrogen-bond donors (Lipinski definition) is 0. The van der Waals surface area contributed by atoms with E-state index in [9.17, 15) is 4.79 Å². The predicted molar refractivity (Wildman–Crippen MR) is 76.3 cm³/mol. The van der Waals surface area contributed by atoms with Crippen LogP contribution in [0.3, 0.4) is 0 Å². The molecule has 3 nitrogen and oxygen atoms in total. The summed E-state index contributed by atoms with van der Waals surface area (Å²) in [7, 11) is 0. The summed E-state index contributed by atoms with van der Waals surface area (Å²) in [6.45, 7) is 8.62. The maximum absolute atomic E-state index is 11.6. The van der Waals surface area contributed by atoms with Crippen LogP contribution >= 0.6 is 0 Å². The molecular weight excluding hydrogens is 240 g/mol. The highest BCUT2D eigenvalue weighted by Crippen LogP contribution is 2.22. The molecule has 0 aliphatic carbocycles. The minimum atomic E-state index is -0.213. The van der Waals surface area contributed by atoms with Gasteiger partial charge < -0.3 is 9.47 Å². The summed E-state index contributed by atoms with van der Waals surface area (Å²) < 4.78 is 10.9. The number of rotatable bonds is 7. The van der Waals surface area contributed by atoms with Gasteiger partial charge in [-0.25, -0.2) is 0 Å². The third-order valence-corrected chi connectivity index (χ3v) is 2.74. The van der Waals surface area contributed by atoms with E-state index in [0.29, 0.717) is 12.5 Å². The number of ether oxygens (including phenoxy) is 2. The van der Waals surface area contributed by atoms with Crippen LogP contribution in [0.1, 0.15) is 39.7 Å². The lowest BCUT2D eigenvalue weighted by atomic mass is 10.1. The molecule has 0 spiro atoms. The van der Waals surface area contributed by atoms with Crippen LogP contribution in [0.2, 0.25) is 0 Å². The molecule has 0 aliphatic rings. The Balaban J connectivity index is 2.70. The van der Waals surface area contributed by atoms with Crippen LogP contribution < -0.4 is 4.74 Å². The van der Waals surface area contributed by atoms with Gasteiger partial charge in [0.2, 0.25) is 0 Å². The first-order chi connectivity index (χ1) is 9.02. The second-order valence-electron chi connectivity index (χ2n) is 5.15. The molecule has 0 saturated heterocycles. The van der Waals surface area contributed by atoms with E-state index in [0.717, 1.165) is 17.7 Å². The van der Waals surface area contributed by atoms with Crippen molar-refractivity contribution in [3.8, 4) is 5.75 Å². The number of esters is 1. The Kier molecular flexibility index (Phi) is 6.40. The highest BCUT2D eigenvalue weighted by Gasteiger charge is 2.12. The van der Waals surface area contributed by atoms with Gasteiger partial charge in [-0.05, 0) is 32.3 Å². The quantitative estimate of drug-likeness (QED) is 0.706. The van der Waals surface area contributed by atoms with Crippen LogP contribution in [0, 0.1) is 5.92 Å². The van der Waals surface area contributed by atoms with E-state index in [-0.39, 0.29) is 18.5 Å². The van der Waals surface area contributed by atoms with Gasteiger partial charge in [0.05, 0.1) is 19.1 Å². The van der Waals surface area contributed by atoms with Gasteiger partial charge >= 0.3 is 5.97 Å². The molecular formula is C16H24O3.